The van der Waals surface area contributed by atoms with E-state index in [-0.39, 0.29) is 11.7 Å². The SMILES string of the molecule is O=C1C(c2cn(I)nn2)=C[C@H]2[C@@H]1[C@@H]1C=C[C@H]2C1. The van der Waals surface area contributed by atoms with E-state index in [1.807, 2.05) is 22.9 Å². The van der Waals surface area contributed by atoms with E-state index in [1.54, 1.807) is 9.09 Å². The van der Waals surface area contributed by atoms with Gasteiger partial charge in [0, 0.05) is 11.5 Å². The first-order valence-corrected chi connectivity index (χ1v) is 6.74. The maximum absolute atomic E-state index is 12.4. The van der Waals surface area contributed by atoms with Gasteiger partial charge in [-0.2, -0.15) is 2.90 Å². The van der Waals surface area contributed by atoms with E-state index in [0.29, 0.717) is 17.8 Å². The van der Waals surface area contributed by atoms with Gasteiger partial charge in [0.05, 0.1) is 29.1 Å². The number of allylic oxidation sites excluding steroid dienone is 4. The van der Waals surface area contributed by atoms with Crippen LogP contribution in [-0.4, -0.2) is 19.0 Å². The Morgan fingerprint density at radius 2 is 2.18 bits per heavy atom. The lowest BCUT2D eigenvalue weighted by atomic mass is 9.85. The lowest BCUT2D eigenvalue weighted by Gasteiger charge is -2.17. The van der Waals surface area contributed by atoms with Crippen LogP contribution in [0.1, 0.15) is 12.1 Å². The van der Waals surface area contributed by atoms with Gasteiger partial charge >= 0.3 is 0 Å². The molecule has 4 atom stereocenters. The summed E-state index contributed by atoms with van der Waals surface area (Å²) in [5.41, 5.74) is 1.50. The summed E-state index contributed by atoms with van der Waals surface area (Å²) in [7, 11) is 0. The number of Topliss-reactive ketones (excluding diaryl/α,β-unsaturated/α-hetero) is 1. The van der Waals surface area contributed by atoms with Crippen molar-refractivity contribution in [3.63, 3.8) is 0 Å². The Bertz CT molecular complexity index is 574. The first-order chi connectivity index (χ1) is 8.24. The van der Waals surface area contributed by atoms with E-state index in [2.05, 4.69) is 28.5 Å². The second kappa shape index (κ2) is 3.28. The van der Waals surface area contributed by atoms with E-state index in [1.165, 1.54) is 0 Å². The Kier molecular flexibility index (Phi) is 1.93. The summed E-state index contributed by atoms with van der Waals surface area (Å²) in [6.45, 7) is 0. The molecule has 1 saturated carbocycles. The molecule has 0 aromatic carbocycles. The Hall–Kier alpha value is -0.980. The summed E-state index contributed by atoms with van der Waals surface area (Å²) in [6.07, 6.45) is 9.58. The van der Waals surface area contributed by atoms with Crippen molar-refractivity contribution in [2.45, 2.75) is 6.42 Å². The van der Waals surface area contributed by atoms with Crippen molar-refractivity contribution in [3.8, 4) is 0 Å². The number of halogens is 1. The molecule has 0 N–H and O–H groups in total. The molecular weight excluding hydrogens is 329 g/mol. The normalized spacial score (nSPS) is 37.7. The Labute approximate surface area is 112 Å². The smallest absolute Gasteiger partial charge is 0.169 e. The molecule has 0 amide bonds. The molecule has 3 aliphatic rings. The highest BCUT2D eigenvalue weighted by atomic mass is 127. The van der Waals surface area contributed by atoms with Crippen molar-refractivity contribution in [2.24, 2.45) is 23.7 Å². The monoisotopic (exact) mass is 339 g/mol. The fraction of sp³-hybridized carbons (Fsp3) is 0.417. The summed E-state index contributed by atoms with van der Waals surface area (Å²) < 4.78 is 1.61. The second-order valence-electron chi connectivity index (χ2n) is 4.99. The van der Waals surface area contributed by atoms with E-state index in [0.717, 1.165) is 17.7 Å². The van der Waals surface area contributed by atoms with Gasteiger partial charge < -0.3 is 0 Å². The Morgan fingerprint density at radius 1 is 1.35 bits per heavy atom. The average Bonchev–Trinajstić information content (AvgIpc) is 3.00. The molecule has 17 heavy (non-hydrogen) atoms. The number of carbonyl (C=O) groups is 1. The highest BCUT2D eigenvalue weighted by molar-refractivity contribution is 14.1. The van der Waals surface area contributed by atoms with Gasteiger partial charge in [-0.05, 0) is 24.2 Å². The van der Waals surface area contributed by atoms with Crippen molar-refractivity contribution >= 4 is 34.2 Å². The van der Waals surface area contributed by atoms with Crippen LogP contribution in [0.3, 0.4) is 0 Å². The molecule has 0 radical (unpaired) electrons. The third-order valence-corrected chi connectivity index (χ3v) is 4.66. The van der Waals surface area contributed by atoms with Gasteiger partial charge in [0.1, 0.15) is 5.69 Å². The number of hydrogen-bond acceptors (Lipinski definition) is 3. The first kappa shape index (κ1) is 9.99. The summed E-state index contributed by atoms with van der Waals surface area (Å²) >= 11 is 2.04. The van der Waals surface area contributed by atoms with Crippen molar-refractivity contribution in [1.29, 1.82) is 0 Å². The van der Waals surface area contributed by atoms with Gasteiger partial charge in [0.2, 0.25) is 0 Å². The van der Waals surface area contributed by atoms with Gasteiger partial charge in [-0.1, -0.05) is 23.4 Å². The van der Waals surface area contributed by atoms with Crippen LogP contribution < -0.4 is 0 Å². The number of fused-ring (bicyclic) bond motifs is 5. The van der Waals surface area contributed by atoms with Crippen molar-refractivity contribution in [1.82, 2.24) is 13.2 Å². The number of nitrogens with zero attached hydrogens (tertiary/aromatic N) is 3. The summed E-state index contributed by atoms with van der Waals surface area (Å²) in [5.74, 6) is 1.89. The van der Waals surface area contributed by atoms with Gasteiger partial charge in [0.25, 0.3) is 0 Å². The minimum atomic E-state index is 0.180. The molecule has 5 heteroatoms. The van der Waals surface area contributed by atoms with Crippen molar-refractivity contribution in [3.05, 3.63) is 30.1 Å². The molecule has 1 aromatic heterocycles. The van der Waals surface area contributed by atoms with E-state index < -0.39 is 0 Å². The molecule has 4 nitrogen and oxygen atoms in total. The molecule has 0 unspecified atom stereocenters. The lowest BCUT2D eigenvalue weighted by molar-refractivity contribution is -0.117. The third-order valence-electron chi connectivity index (χ3n) is 4.19. The van der Waals surface area contributed by atoms with Crippen LogP contribution >= 0.6 is 22.9 Å². The molecule has 0 spiro atoms. The molecule has 3 aliphatic carbocycles. The van der Waals surface area contributed by atoms with Crippen molar-refractivity contribution in [2.75, 3.05) is 0 Å². The van der Waals surface area contributed by atoms with Crippen LogP contribution in [0, 0.1) is 23.7 Å². The third kappa shape index (κ3) is 1.26. The van der Waals surface area contributed by atoms with Gasteiger partial charge in [0.15, 0.2) is 5.78 Å². The lowest BCUT2D eigenvalue weighted by Crippen LogP contribution is -2.21. The van der Waals surface area contributed by atoms with E-state index in [4.69, 9.17) is 0 Å². The molecule has 4 rings (SSSR count). The highest BCUT2D eigenvalue weighted by Crippen LogP contribution is 2.54. The zero-order valence-corrected chi connectivity index (χ0v) is 11.1. The van der Waals surface area contributed by atoms with Crippen LogP contribution in [0.25, 0.3) is 5.57 Å². The fourth-order valence-corrected chi connectivity index (χ4v) is 3.85. The number of carbonyl (C=O) groups excluding carboxylic acids is 1. The quantitative estimate of drug-likeness (QED) is 0.580. The Morgan fingerprint density at radius 3 is 2.88 bits per heavy atom. The second-order valence-corrected chi connectivity index (χ2v) is 5.98. The van der Waals surface area contributed by atoms with E-state index >= 15 is 0 Å². The predicted octanol–water partition coefficient (Wildman–Crippen LogP) is 1.88. The van der Waals surface area contributed by atoms with Crippen LogP contribution in [-0.2, 0) is 4.79 Å². The number of rotatable bonds is 1. The molecule has 1 heterocycles. The zero-order chi connectivity index (χ0) is 11.6. The highest BCUT2D eigenvalue weighted by Gasteiger charge is 2.51. The topological polar surface area (TPSA) is 47.8 Å². The molecule has 0 saturated heterocycles. The molecule has 86 valence electrons. The maximum Gasteiger partial charge on any atom is 0.169 e. The zero-order valence-electron chi connectivity index (χ0n) is 8.95. The van der Waals surface area contributed by atoms with Gasteiger partial charge in [-0.3, -0.25) is 4.79 Å². The average molecular weight is 339 g/mol. The molecule has 1 aromatic rings. The van der Waals surface area contributed by atoms with Crippen LogP contribution in [0.4, 0.5) is 0 Å². The molecule has 0 aliphatic heterocycles. The number of aromatic nitrogens is 3. The number of hydrogen-bond donors (Lipinski definition) is 0. The summed E-state index contributed by atoms with van der Waals surface area (Å²) in [6, 6.07) is 0. The molecule has 2 bridgehead atoms. The fourth-order valence-electron chi connectivity index (χ4n) is 3.49. The first-order valence-electron chi connectivity index (χ1n) is 5.77. The minimum absolute atomic E-state index is 0.180. The summed E-state index contributed by atoms with van der Waals surface area (Å²) in [5, 5.41) is 7.93. The van der Waals surface area contributed by atoms with Crippen molar-refractivity contribution < 1.29 is 4.79 Å². The summed E-state index contributed by atoms with van der Waals surface area (Å²) in [4.78, 5) is 12.4. The molecular formula is C12H10IN3O. The minimum Gasteiger partial charge on any atom is -0.294 e. The van der Waals surface area contributed by atoms with Crippen LogP contribution in [0.15, 0.2) is 24.4 Å². The van der Waals surface area contributed by atoms with Crippen LogP contribution in [0.5, 0.6) is 0 Å². The maximum atomic E-state index is 12.4. The Balaban J connectivity index is 1.76. The van der Waals surface area contributed by atoms with Gasteiger partial charge in [-0.15, -0.1) is 5.10 Å². The van der Waals surface area contributed by atoms with E-state index in [9.17, 15) is 4.79 Å². The predicted molar refractivity (Wildman–Crippen MR) is 70.1 cm³/mol. The van der Waals surface area contributed by atoms with Crippen LogP contribution in [0.2, 0.25) is 0 Å². The number of ketones is 1. The van der Waals surface area contributed by atoms with Gasteiger partial charge in [-0.25, -0.2) is 0 Å². The standard InChI is InChI=1S/C12H10IN3O/c13-16-5-10(14-15-16)9-4-8-6-1-2-7(3-6)11(8)12(9)17/h1-2,4-8,11H,3H2/t6-,7+,8+,11-/m0/s1. The largest absolute Gasteiger partial charge is 0.294 e. The molecule has 1 fully saturated rings.